The Morgan fingerprint density at radius 1 is 0.857 bits per heavy atom. The van der Waals surface area contributed by atoms with Crippen LogP contribution in [0.15, 0.2) is 0 Å². The molecule has 0 saturated carbocycles. The smallest absolute Gasteiger partial charge is 0.418 e. The van der Waals surface area contributed by atoms with Gasteiger partial charge in [-0.25, -0.2) is 0 Å². The Bertz CT molecular complexity index is 27.2. The minimum atomic E-state index is -6.00. The van der Waals surface area contributed by atoms with E-state index < -0.39 is 7.25 Å². The van der Waals surface area contributed by atoms with Crippen molar-refractivity contribution in [2.24, 2.45) is 0 Å². The molecule has 7 heavy (non-hydrogen) atoms. The second kappa shape index (κ2) is 4.53. The third-order valence-corrected chi connectivity index (χ3v) is 0. The van der Waals surface area contributed by atoms with Gasteiger partial charge in [0.15, 0.2) is 0 Å². The summed E-state index contributed by atoms with van der Waals surface area (Å²) in [7, 11) is -6.00. The van der Waals surface area contributed by atoms with E-state index in [1.165, 1.54) is 0 Å². The second-order valence-corrected chi connectivity index (χ2v) is 0.495. The third kappa shape index (κ3) is 896. The van der Waals surface area contributed by atoms with Crippen molar-refractivity contribution in [3.05, 3.63) is 0 Å². The van der Waals surface area contributed by atoms with Crippen LogP contribution in [0, 0.1) is 0 Å². The largest absolute Gasteiger partial charge is 0.673 e. The summed E-state index contributed by atoms with van der Waals surface area (Å²) in [5.74, 6) is 0. The summed E-state index contributed by atoms with van der Waals surface area (Å²) >= 11 is 0. The number of hydrogen-bond donors (Lipinski definition) is 0. The van der Waals surface area contributed by atoms with Crippen LogP contribution in [0.1, 0.15) is 0 Å². The van der Waals surface area contributed by atoms with Gasteiger partial charge in [0.1, 0.15) is 0 Å². The second-order valence-electron chi connectivity index (χ2n) is 0.495. The fourth-order valence-electron chi connectivity index (χ4n) is 0. The van der Waals surface area contributed by atoms with Crippen molar-refractivity contribution >= 4 is 7.25 Å². The van der Waals surface area contributed by atoms with Gasteiger partial charge in [0.2, 0.25) is 0 Å². The van der Waals surface area contributed by atoms with E-state index in [1.54, 1.807) is 0 Å². The zero-order chi connectivity index (χ0) is 4.50. The molecular weight excluding hydrogens is 168 g/mol. The first-order chi connectivity index (χ1) is 2.00. The Hall–Kier alpha value is 0.368. The molecule has 0 aromatic heterocycles. The maximum absolute atomic E-state index is 9.75. The van der Waals surface area contributed by atoms with Crippen molar-refractivity contribution in [2.75, 3.05) is 0 Å². The molecule has 0 radical (unpaired) electrons. The van der Waals surface area contributed by atoms with Gasteiger partial charge in [-0.05, 0) is 0 Å². The Morgan fingerprint density at radius 2 is 0.857 bits per heavy atom. The number of halogens is 4. The van der Waals surface area contributed by atoms with E-state index in [-0.39, 0.29) is 25.0 Å². The topological polar surface area (TPSA) is 31.5 Å². The Morgan fingerprint density at radius 3 is 0.857 bits per heavy atom. The van der Waals surface area contributed by atoms with Gasteiger partial charge in [0.25, 0.3) is 0 Å². The van der Waals surface area contributed by atoms with Gasteiger partial charge in [-0.3, -0.25) is 0 Å². The van der Waals surface area contributed by atoms with E-state index in [9.17, 15) is 17.3 Å². The summed E-state index contributed by atoms with van der Waals surface area (Å²) in [4.78, 5) is 0. The van der Waals surface area contributed by atoms with Crippen molar-refractivity contribution in [2.45, 2.75) is 0 Å². The minimum Gasteiger partial charge on any atom is -0.418 e. The van der Waals surface area contributed by atoms with Gasteiger partial charge in [-0.1, -0.05) is 0 Å². The van der Waals surface area contributed by atoms with Crippen LogP contribution in [-0.2, 0) is 19.5 Å². The number of hydrogen-bond acceptors (Lipinski definition) is 0. The molecule has 0 aromatic rings. The monoisotopic (exact) mass is 169 g/mol. The zero-order valence-corrected chi connectivity index (χ0v) is 6.26. The van der Waals surface area contributed by atoms with E-state index >= 15 is 0 Å². The molecule has 0 bridgehead atoms. The van der Waals surface area contributed by atoms with Gasteiger partial charge < -0.3 is 22.7 Å². The molecule has 0 spiro atoms. The van der Waals surface area contributed by atoms with Gasteiger partial charge in [-0.2, -0.15) is 0 Å². The normalized spacial score (nSPS) is 8.57. The summed E-state index contributed by atoms with van der Waals surface area (Å²) in [6, 6.07) is 0. The zero-order valence-electron chi connectivity index (χ0n) is 3.30. The number of rotatable bonds is 0. The fraction of sp³-hybridized carbons (Fsp3) is 0. The Labute approximate surface area is 50.3 Å². The first kappa shape index (κ1) is 15.7. The van der Waals surface area contributed by atoms with Crippen LogP contribution in [0.3, 0.4) is 0 Å². The van der Waals surface area contributed by atoms with Crippen LogP contribution < -0.4 is 0 Å². The van der Waals surface area contributed by atoms with Crippen LogP contribution in [0.5, 0.6) is 0 Å². The summed E-state index contributed by atoms with van der Waals surface area (Å²) in [5.41, 5.74) is 0. The summed E-state index contributed by atoms with van der Waals surface area (Å²) in [6.07, 6.45) is 0. The molecule has 0 aromatic carbocycles. The third-order valence-electron chi connectivity index (χ3n) is 0. The van der Waals surface area contributed by atoms with E-state index in [1.807, 2.05) is 0 Å². The molecular formula is H2BF4OZn-. The molecule has 2 N–H and O–H groups in total. The molecule has 0 amide bonds. The first-order valence-corrected chi connectivity index (χ1v) is 0.873. The predicted molar refractivity (Wildman–Crippen MR) is 13.8 cm³/mol. The van der Waals surface area contributed by atoms with Gasteiger partial charge in [0.05, 0.1) is 0 Å². The molecule has 0 heterocycles. The SMILES string of the molecule is F[B-](F)(F)F.O.[Zn]. The van der Waals surface area contributed by atoms with Crippen LogP contribution >= 0.6 is 0 Å². The summed E-state index contributed by atoms with van der Waals surface area (Å²) in [6.45, 7) is 0. The maximum Gasteiger partial charge on any atom is 0.673 e. The van der Waals surface area contributed by atoms with Crippen molar-refractivity contribution in [3.8, 4) is 0 Å². The molecule has 7 heteroatoms. The fourth-order valence-corrected chi connectivity index (χ4v) is 0. The average molecular weight is 170 g/mol. The molecule has 0 fully saturated rings. The molecule has 0 unspecified atom stereocenters. The van der Waals surface area contributed by atoms with Crippen LogP contribution in [0.2, 0.25) is 0 Å². The van der Waals surface area contributed by atoms with Crippen molar-refractivity contribution in [3.63, 3.8) is 0 Å². The molecule has 0 aliphatic heterocycles. The molecule has 1 nitrogen and oxygen atoms in total. The van der Waals surface area contributed by atoms with Crippen LogP contribution in [0.25, 0.3) is 0 Å². The molecule has 0 aliphatic rings. The van der Waals surface area contributed by atoms with Gasteiger partial charge in [0, 0.05) is 19.5 Å². The van der Waals surface area contributed by atoms with E-state index in [0.717, 1.165) is 0 Å². The molecule has 0 rings (SSSR count). The van der Waals surface area contributed by atoms with E-state index in [0.29, 0.717) is 0 Å². The first-order valence-electron chi connectivity index (χ1n) is 0.873. The van der Waals surface area contributed by atoms with Crippen molar-refractivity contribution < 1.29 is 42.2 Å². The predicted octanol–water partition coefficient (Wildman–Crippen LogP) is 0.473. The molecule has 0 saturated heterocycles. The van der Waals surface area contributed by atoms with Gasteiger partial charge >= 0.3 is 7.25 Å². The van der Waals surface area contributed by atoms with Crippen molar-refractivity contribution in [1.29, 1.82) is 0 Å². The maximum atomic E-state index is 9.75. The minimum absolute atomic E-state index is 0. The summed E-state index contributed by atoms with van der Waals surface area (Å²) < 4.78 is 39.0. The van der Waals surface area contributed by atoms with E-state index in [2.05, 4.69) is 0 Å². The van der Waals surface area contributed by atoms with E-state index in [4.69, 9.17) is 0 Å². The quantitative estimate of drug-likeness (QED) is 0.374. The van der Waals surface area contributed by atoms with Crippen LogP contribution in [0.4, 0.5) is 17.3 Å². The molecule has 0 aliphatic carbocycles. The Balaban J connectivity index is -0.0000000800. The van der Waals surface area contributed by atoms with Crippen molar-refractivity contribution in [1.82, 2.24) is 0 Å². The molecule has 42 valence electrons. The van der Waals surface area contributed by atoms with Gasteiger partial charge in [-0.15, -0.1) is 0 Å². The molecule has 0 atom stereocenters. The standard InChI is InChI=1S/BF4.H2O.Zn/c2-1(3,4)5;;/h;1H2;/q-1;;. The average Bonchev–Trinajstić information content (AvgIpc) is 0.722. The Kier molecular flexibility index (Phi) is 10.1. The summed E-state index contributed by atoms with van der Waals surface area (Å²) in [5, 5.41) is 0. The van der Waals surface area contributed by atoms with Crippen LogP contribution in [-0.4, -0.2) is 12.7 Å².